The smallest absolute Gasteiger partial charge is 0.295 e. The largest absolute Gasteiger partial charge is 0.379 e. The van der Waals surface area contributed by atoms with Gasteiger partial charge in [0.15, 0.2) is 5.11 Å². The molecule has 0 spiro atoms. The lowest BCUT2D eigenvalue weighted by Crippen LogP contribution is -2.41. The summed E-state index contributed by atoms with van der Waals surface area (Å²) in [5.74, 6) is 0. The van der Waals surface area contributed by atoms with Crippen LogP contribution in [0, 0.1) is 13.8 Å². The van der Waals surface area contributed by atoms with Crippen molar-refractivity contribution in [3.8, 4) is 5.69 Å². The fourth-order valence-corrected chi connectivity index (χ4v) is 5.70. The van der Waals surface area contributed by atoms with Gasteiger partial charge >= 0.3 is 0 Å². The molecular weight excluding hydrogens is 474 g/mol. The van der Waals surface area contributed by atoms with Crippen LogP contribution >= 0.6 is 12.2 Å². The Balaban J connectivity index is 1.62. The summed E-state index contributed by atoms with van der Waals surface area (Å²) >= 11 is 5.47. The maximum absolute atomic E-state index is 13.3. The maximum Gasteiger partial charge on any atom is 0.295 e. The number of thiocarbonyl (C=S) groups is 1. The number of benzene rings is 2. The number of aromatic nitrogens is 2. The van der Waals surface area contributed by atoms with Crippen molar-refractivity contribution < 1.29 is 13.2 Å². The molecule has 1 aromatic heterocycles. The third-order valence-corrected chi connectivity index (χ3v) is 7.91. The summed E-state index contributed by atoms with van der Waals surface area (Å²) in [6, 6.07) is 14.4. The van der Waals surface area contributed by atoms with Crippen molar-refractivity contribution in [2.24, 2.45) is 7.05 Å². The van der Waals surface area contributed by atoms with E-state index in [1.807, 2.05) is 44.2 Å². The number of nitrogens with one attached hydrogen (secondary N) is 2. The van der Waals surface area contributed by atoms with Gasteiger partial charge in [0.1, 0.15) is 10.6 Å². The Morgan fingerprint density at radius 2 is 1.71 bits per heavy atom. The molecule has 0 unspecified atom stereocenters. The first kappa shape index (κ1) is 24.1. The van der Waals surface area contributed by atoms with Gasteiger partial charge in [0.05, 0.1) is 30.3 Å². The molecule has 11 heteroatoms. The average molecular weight is 502 g/mol. The number of aryl methyl sites for hydroxylation is 1. The molecule has 2 aromatic carbocycles. The highest BCUT2D eigenvalue weighted by Crippen LogP contribution is 2.27. The molecule has 0 saturated carbocycles. The van der Waals surface area contributed by atoms with E-state index in [4.69, 9.17) is 17.0 Å². The molecule has 4 rings (SSSR count). The lowest BCUT2D eigenvalue weighted by atomic mass is 10.2. The highest BCUT2D eigenvalue weighted by Gasteiger charge is 2.29. The highest BCUT2D eigenvalue weighted by molar-refractivity contribution is 7.89. The Kier molecular flexibility index (Phi) is 6.89. The van der Waals surface area contributed by atoms with Crippen LogP contribution in [0.15, 0.2) is 58.2 Å². The van der Waals surface area contributed by atoms with Crippen LogP contribution in [0.2, 0.25) is 0 Å². The third-order valence-electron chi connectivity index (χ3n) is 5.77. The summed E-state index contributed by atoms with van der Waals surface area (Å²) in [5, 5.41) is 6.07. The Bertz CT molecular complexity index is 1370. The van der Waals surface area contributed by atoms with E-state index in [0.717, 1.165) is 11.3 Å². The molecule has 1 aliphatic heterocycles. The van der Waals surface area contributed by atoms with Crippen LogP contribution in [0.4, 0.5) is 11.4 Å². The quantitative estimate of drug-likeness (QED) is 0.519. The molecule has 0 bridgehead atoms. The maximum atomic E-state index is 13.3. The highest BCUT2D eigenvalue weighted by atomic mass is 32.2. The van der Waals surface area contributed by atoms with Gasteiger partial charge in [-0.05, 0) is 55.9 Å². The molecule has 180 valence electrons. The summed E-state index contributed by atoms with van der Waals surface area (Å²) in [6.07, 6.45) is 0. The molecule has 1 saturated heterocycles. The van der Waals surface area contributed by atoms with E-state index in [1.54, 1.807) is 34.6 Å². The second-order valence-electron chi connectivity index (χ2n) is 8.03. The molecule has 1 fully saturated rings. The number of ether oxygens (including phenoxy) is 1. The Morgan fingerprint density at radius 3 is 2.38 bits per heavy atom. The van der Waals surface area contributed by atoms with E-state index in [1.165, 1.54) is 4.31 Å². The van der Waals surface area contributed by atoms with E-state index in [-0.39, 0.29) is 15.6 Å². The minimum Gasteiger partial charge on any atom is -0.379 e. The Morgan fingerprint density at radius 1 is 1.03 bits per heavy atom. The first-order valence-corrected chi connectivity index (χ1v) is 12.7. The number of rotatable bonds is 5. The minimum absolute atomic E-state index is 0.119. The predicted molar refractivity (Wildman–Crippen MR) is 136 cm³/mol. The van der Waals surface area contributed by atoms with Crippen LogP contribution < -0.4 is 16.2 Å². The SMILES string of the molecule is Cc1ccc(NC(=S)Nc2c(C)n(C)n(-c3ccccc3)c2=O)c(S(=O)(=O)N2CCOCC2)c1. The van der Waals surface area contributed by atoms with Crippen molar-refractivity contribution in [2.45, 2.75) is 18.7 Å². The normalized spacial score (nSPS) is 14.7. The number of hydrogen-bond donors (Lipinski definition) is 2. The summed E-state index contributed by atoms with van der Waals surface area (Å²) < 4.78 is 36.6. The average Bonchev–Trinajstić information content (AvgIpc) is 3.04. The zero-order valence-corrected chi connectivity index (χ0v) is 20.9. The number of para-hydroxylation sites is 1. The minimum atomic E-state index is -3.76. The lowest BCUT2D eigenvalue weighted by Gasteiger charge is -2.27. The van der Waals surface area contributed by atoms with Gasteiger partial charge in [-0.1, -0.05) is 24.3 Å². The first-order valence-electron chi connectivity index (χ1n) is 10.8. The molecule has 0 radical (unpaired) electrons. The van der Waals surface area contributed by atoms with E-state index >= 15 is 0 Å². The van der Waals surface area contributed by atoms with Gasteiger partial charge in [0.2, 0.25) is 10.0 Å². The van der Waals surface area contributed by atoms with Crippen molar-refractivity contribution in [3.63, 3.8) is 0 Å². The second-order valence-corrected chi connectivity index (χ2v) is 10.3. The summed E-state index contributed by atoms with van der Waals surface area (Å²) in [7, 11) is -1.97. The van der Waals surface area contributed by atoms with Gasteiger partial charge in [0, 0.05) is 20.1 Å². The molecule has 3 aromatic rings. The molecule has 2 N–H and O–H groups in total. The fourth-order valence-electron chi connectivity index (χ4n) is 3.85. The summed E-state index contributed by atoms with van der Waals surface area (Å²) in [6.45, 7) is 4.94. The first-order chi connectivity index (χ1) is 16.2. The molecular formula is C23H27N5O4S2. The van der Waals surface area contributed by atoms with Crippen molar-refractivity contribution in [1.82, 2.24) is 13.7 Å². The van der Waals surface area contributed by atoms with E-state index in [9.17, 15) is 13.2 Å². The van der Waals surface area contributed by atoms with Crippen molar-refractivity contribution in [3.05, 3.63) is 70.1 Å². The van der Waals surface area contributed by atoms with Crippen LogP contribution in [0.25, 0.3) is 5.69 Å². The number of morpholine rings is 1. The van der Waals surface area contributed by atoms with Gasteiger partial charge in [-0.15, -0.1) is 0 Å². The van der Waals surface area contributed by atoms with E-state index in [0.29, 0.717) is 43.4 Å². The standard InChI is InChI=1S/C23H27N5O4S2/c1-16-9-10-19(20(15-16)34(30,31)27-11-13-32-14-12-27)24-23(33)25-21-17(2)26(3)28(22(21)29)18-7-5-4-6-8-18/h4-10,15H,11-14H2,1-3H3,(H2,24,25,33). The topological polar surface area (TPSA) is 97.6 Å². The predicted octanol–water partition coefficient (Wildman–Crippen LogP) is 2.62. The van der Waals surface area contributed by atoms with Crippen molar-refractivity contribution >= 4 is 38.7 Å². The second kappa shape index (κ2) is 9.71. The van der Waals surface area contributed by atoms with Gasteiger partial charge in [-0.2, -0.15) is 4.31 Å². The van der Waals surface area contributed by atoms with Crippen LogP contribution in [-0.4, -0.2) is 53.5 Å². The Labute approximate surface area is 204 Å². The summed E-state index contributed by atoms with van der Waals surface area (Å²) in [5.41, 5.74) is 2.60. The van der Waals surface area contributed by atoms with E-state index < -0.39 is 10.0 Å². The number of anilines is 2. The van der Waals surface area contributed by atoms with Gasteiger partial charge < -0.3 is 15.4 Å². The number of sulfonamides is 1. The lowest BCUT2D eigenvalue weighted by molar-refractivity contribution is 0.0730. The number of nitrogens with zero attached hydrogens (tertiary/aromatic N) is 3. The van der Waals surface area contributed by atoms with Gasteiger partial charge in [-0.3, -0.25) is 9.48 Å². The molecule has 0 aliphatic carbocycles. The number of hydrogen-bond acceptors (Lipinski definition) is 5. The molecule has 0 atom stereocenters. The molecule has 0 amide bonds. The Hall–Kier alpha value is -2.99. The summed E-state index contributed by atoms with van der Waals surface area (Å²) in [4.78, 5) is 13.3. The van der Waals surface area contributed by atoms with Crippen molar-refractivity contribution in [1.29, 1.82) is 0 Å². The molecule has 1 aliphatic rings. The molecule has 2 heterocycles. The fraction of sp³-hybridized carbons (Fsp3) is 0.304. The third kappa shape index (κ3) is 4.64. The molecule has 9 nitrogen and oxygen atoms in total. The van der Waals surface area contributed by atoms with Gasteiger partial charge in [-0.25, -0.2) is 13.1 Å². The van der Waals surface area contributed by atoms with Crippen LogP contribution in [-0.2, 0) is 21.8 Å². The van der Waals surface area contributed by atoms with Gasteiger partial charge in [0.25, 0.3) is 5.56 Å². The zero-order chi connectivity index (χ0) is 24.5. The van der Waals surface area contributed by atoms with E-state index in [2.05, 4.69) is 10.6 Å². The van der Waals surface area contributed by atoms with Crippen LogP contribution in [0.1, 0.15) is 11.3 Å². The molecule has 34 heavy (non-hydrogen) atoms. The monoisotopic (exact) mass is 501 g/mol. The van der Waals surface area contributed by atoms with Crippen LogP contribution in [0.5, 0.6) is 0 Å². The zero-order valence-electron chi connectivity index (χ0n) is 19.2. The van der Waals surface area contributed by atoms with Crippen molar-refractivity contribution in [2.75, 3.05) is 36.9 Å². The van der Waals surface area contributed by atoms with Crippen LogP contribution in [0.3, 0.4) is 0 Å².